The van der Waals surface area contributed by atoms with E-state index in [1.54, 1.807) is 31.3 Å². The van der Waals surface area contributed by atoms with Gasteiger partial charge in [-0.05, 0) is 25.1 Å². The van der Waals surface area contributed by atoms with Crippen LogP contribution in [0.15, 0.2) is 35.3 Å². The Balaban J connectivity index is 1.77. The minimum atomic E-state index is -0.548. The fourth-order valence-corrected chi connectivity index (χ4v) is 4.25. The molecule has 1 atom stereocenters. The molecule has 1 unspecified atom stereocenters. The fraction of sp³-hybridized carbons (Fsp3) is 0.250. The number of ether oxygens (including phenoxy) is 2. The Morgan fingerprint density at radius 1 is 1.17 bits per heavy atom. The standard InChI is InChI=1S/C24H23FN6O4/c1-11(34-2)17-24(33)31-22-19(30-17)12(7-9-26-22)18-20(16-14(28-18)8-10-27-23(16)32)29-15-6-4-5-13(25)21(15)35-3/h4-7,9,11,28-29H,8,10H2,1-3H3,(H,27,32)(H,26,31,33). The number of para-hydroxylation sites is 1. The molecule has 0 saturated carbocycles. The first-order chi connectivity index (χ1) is 16.9. The summed E-state index contributed by atoms with van der Waals surface area (Å²) in [5.74, 6) is -0.789. The van der Waals surface area contributed by atoms with Gasteiger partial charge in [0.2, 0.25) is 0 Å². The molecule has 1 amide bonds. The van der Waals surface area contributed by atoms with Gasteiger partial charge in [-0.3, -0.25) is 9.59 Å². The van der Waals surface area contributed by atoms with Crippen molar-refractivity contribution in [2.24, 2.45) is 0 Å². The van der Waals surface area contributed by atoms with E-state index >= 15 is 0 Å². The van der Waals surface area contributed by atoms with E-state index in [0.717, 1.165) is 5.69 Å². The lowest BCUT2D eigenvalue weighted by atomic mass is 10.0. The summed E-state index contributed by atoms with van der Waals surface area (Å²) in [6, 6.07) is 6.23. The molecular weight excluding hydrogens is 455 g/mol. The van der Waals surface area contributed by atoms with Crippen LogP contribution in [0.4, 0.5) is 15.8 Å². The normalized spacial score (nSPS) is 13.9. The molecule has 4 N–H and O–H groups in total. The Morgan fingerprint density at radius 3 is 2.77 bits per heavy atom. The topological polar surface area (TPSA) is 134 Å². The van der Waals surface area contributed by atoms with Crippen molar-refractivity contribution in [3.05, 3.63) is 63.6 Å². The van der Waals surface area contributed by atoms with Crippen LogP contribution in [0.25, 0.3) is 22.4 Å². The molecule has 0 bridgehead atoms. The maximum absolute atomic E-state index is 14.4. The highest BCUT2D eigenvalue weighted by atomic mass is 19.1. The van der Waals surface area contributed by atoms with Gasteiger partial charge in [-0.2, -0.15) is 0 Å². The van der Waals surface area contributed by atoms with Crippen molar-refractivity contribution in [3.8, 4) is 17.0 Å². The number of hydrogen-bond acceptors (Lipinski definition) is 7. The minimum absolute atomic E-state index is 0.0165. The molecule has 0 fully saturated rings. The summed E-state index contributed by atoms with van der Waals surface area (Å²) in [7, 11) is 2.87. The molecule has 4 heterocycles. The molecule has 0 saturated heterocycles. The second-order valence-electron chi connectivity index (χ2n) is 8.06. The first-order valence-corrected chi connectivity index (χ1v) is 11.0. The monoisotopic (exact) mass is 478 g/mol. The number of hydrogen-bond donors (Lipinski definition) is 4. The number of methoxy groups -OCH3 is 2. The van der Waals surface area contributed by atoms with E-state index in [9.17, 15) is 14.0 Å². The minimum Gasteiger partial charge on any atom is -0.492 e. The van der Waals surface area contributed by atoms with E-state index in [4.69, 9.17) is 9.47 Å². The van der Waals surface area contributed by atoms with E-state index in [-0.39, 0.29) is 23.0 Å². The molecule has 11 heteroatoms. The first kappa shape index (κ1) is 22.5. The Morgan fingerprint density at radius 2 is 2.00 bits per heavy atom. The van der Waals surface area contributed by atoms with Gasteiger partial charge in [-0.1, -0.05) is 6.07 Å². The van der Waals surface area contributed by atoms with E-state index in [0.29, 0.717) is 46.7 Å². The molecule has 3 aromatic heterocycles. The maximum atomic E-state index is 14.4. The number of anilines is 2. The van der Waals surface area contributed by atoms with Crippen LogP contribution in [-0.4, -0.2) is 46.6 Å². The average molecular weight is 478 g/mol. The van der Waals surface area contributed by atoms with Gasteiger partial charge < -0.3 is 30.1 Å². The predicted octanol–water partition coefficient (Wildman–Crippen LogP) is 3.20. The summed E-state index contributed by atoms with van der Waals surface area (Å²) in [4.78, 5) is 40.4. The van der Waals surface area contributed by atoms with Crippen LogP contribution in [0.3, 0.4) is 0 Å². The molecular formula is C24H23FN6O4. The molecule has 4 aromatic rings. The third-order valence-corrected chi connectivity index (χ3v) is 6.03. The van der Waals surface area contributed by atoms with Crippen LogP contribution < -0.4 is 20.9 Å². The molecule has 0 spiro atoms. The zero-order chi connectivity index (χ0) is 24.7. The van der Waals surface area contributed by atoms with Crippen LogP contribution in [0.2, 0.25) is 0 Å². The molecule has 10 nitrogen and oxygen atoms in total. The lowest BCUT2D eigenvalue weighted by Crippen LogP contribution is -2.31. The van der Waals surface area contributed by atoms with Crippen molar-refractivity contribution >= 4 is 28.4 Å². The zero-order valence-corrected chi connectivity index (χ0v) is 19.3. The van der Waals surface area contributed by atoms with Crippen molar-refractivity contribution in [1.29, 1.82) is 0 Å². The Labute approximate surface area is 198 Å². The number of amides is 1. The van der Waals surface area contributed by atoms with Gasteiger partial charge in [0.15, 0.2) is 17.2 Å². The Hall–Kier alpha value is -4.25. The lowest BCUT2D eigenvalue weighted by Gasteiger charge is -2.17. The number of aromatic nitrogens is 4. The number of aromatic amines is 2. The molecule has 35 heavy (non-hydrogen) atoms. The van der Waals surface area contributed by atoms with Crippen LogP contribution in [0, 0.1) is 5.82 Å². The summed E-state index contributed by atoms with van der Waals surface area (Å²) in [5.41, 5.74) is 3.56. The van der Waals surface area contributed by atoms with Crippen molar-refractivity contribution < 1.29 is 18.7 Å². The van der Waals surface area contributed by atoms with Gasteiger partial charge in [0, 0.05) is 37.5 Å². The highest BCUT2D eigenvalue weighted by Gasteiger charge is 2.29. The molecule has 1 aliphatic heterocycles. The molecule has 0 aliphatic carbocycles. The van der Waals surface area contributed by atoms with Gasteiger partial charge in [0.05, 0.1) is 29.7 Å². The van der Waals surface area contributed by atoms with Crippen molar-refractivity contribution in [3.63, 3.8) is 0 Å². The van der Waals surface area contributed by atoms with Crippen molar-refractivity contribution in [2.45, 2.75) is 19.4 Å². The summed E-state index contributed by atoms with van der Waals surface area (Å²) in [6.45, 7) is 2.20. The van der Waals surface area contributed by atoms with Crippen molar-refractivity contribution in [2.75, 3.05) is 26.1 Å². The maximum Gasteiger partial charge on any atom is 0.274 e. The van der Waals surface area contributed by atoms with Gasteiger partial charge in [-0.25, -0.2) is 14.4 Å². The number of fused-ring (bicyclic) bond motifs is 2. The Kier molecular flexibility index (Phi) is 5.69. The fourth-order valence-electron chi connectivity index (χ4n) is 4.25. The van der Waals surface area contributed by atoms with Crippen LogP contribution in [0.5, 0.6) is 5.75 Å². The summed E-state index contributed by atoms with van der Waals surface area (Å²) in [6.07, 6.45) is 1.57. The lowest BCUT2D eigenvalue weighted by molar-refractivity contribution is 0.0947. The number of H-pyrrole nitrogens is 2. The zero-order valence-electron chi connectivity index (χ0n) is 19.3. The predicted molar refractivity (Wildman–Crippen MR) is 128 cm³/mol. The van der Waals surface area contributed by atoms with E-state index in [1.807, 2.05) is 0 Å². The Bertz CT molecular complexity index is 1510. The molecule has 5 rings (SSSR count). The highest BCUT2D eigenvalue weighted by Crippen LogP contribution is 2.40. The number of pyridine rings is 1. The highest BCUT2D eigenvalue weighted by molar-refractivity contribution is 6.08. The third kappa shape index (κ3) is 3.79. The van der Waals surface area contributed by atoms with Gasteiger partial charge in [-0.15, -0.1) is 0 Å². The van der Waals surface area contributed by atoms with Gasteiger partial charge in [0.1, 0.15) is 17.3 Å². The van der Waals surface area contributed by atoms with Crippen LogP contribution >= 0.6 is 0 Å². The number of nitrogens with one attached hydrogen (secondary N) is 4. The van der Waals surface area contributed by atoms with Crippen molar-refractivity contribution in [1.82, 2.24) is 25.3 Å². The molecule has 0 radical (unpaired) electrons. The third-order valence-electron chi connectivity index (χ3n) is 6.03. The SMILES string of the molecule is COc1c(F)cccc1Nc1c(-c2ccnc3[nH]c(=O)c(C(C)OC)nc23)[nH]c2c1C(=O)NCC2. The summed E-state index contributed by atoms with van der Waals surface area (Å²) >= 11 is 0. The van der Waals surface area contributed by atoms with E-state index in [1.165, 1.54) is 20.3 Å². The second kappa shape index (κ2) is 8.84. The quantitative estimate of drug-likeness (QED) is 0.334. The summed E-state index contributed by atoms with van der Waals surface area (Å²) < 4.78 is 25.0. The number of rotatable bonds is 6. The number of halogens is 1. The van der Waals surface area contributed by atoms with Gasteiger partial charge in [0.25, 0.3) is 11.5 Å². The molecule has 1 aliphatic rings. The largest absolute Gasteiger partial charge is 0.492 e. The molecule has 1 aromatic carbocycles. The molecule has 180 valence electrons. The number of benzene rings is 1. The van der Waals surface area contributed by atoms with Crippen LogP contribution in [-0.2, 0) is 11.2 Å². The smallest absolute Gasteiger partial charge is 0.274 e. The van der Waals surface area contributed by atoms with Gasteiger partial charge >= 0.3 is 0 Å². The van der Waals surface area contributed by atoms with E-state index in [2.05, 4.69) is 30.6 Å². The second-order valence-corrected chi connectivity index (χ2v) is 8.06. The number of nitrogens with zero attached hydrogens (tertiary/aromatic N) is 2. The number of carbonyl (C=O) groups excluding carboxylic acids is 1. The average Bonchev–Trinajstić information content (AvgIpc) is 3.22. The van der Waals surface area contributed by atoms with Crippen LogP contribution in [0.1, 0.15) is 34.8 Å². The first-order valence-electron chi connectivity index (χ1n) is 11.0. The number of carbonyl (C=O) groups is 1. The van der Waals surface area contributed by atoms with E-state index < -0.39 is 17.5 Å². The summed E-state index contributed by atoms with van der Waals surface area (Å²) in [5, 5.41) is 6.04.